The molecule has 1 aromatic heterocycles. The van der Waals surface area contributed by atoms with Crippen molar-refractivity contribution < 1.29 is 17.9 Å². The Balaban J connectivity index is 1.50. The second-order valence-electron chi connectivity index (χ2n) is 10.6. The van der Waals surface area contributed by atoms with Crippen molar-refractivity contribution in [3.8, 4) is 16.9 Å². The van der Waals surface area contributed by atoms with E-state index in [1.165, 1.54) is 6.07 Å². The van der Waals surface area contributed by atoms with Crippen LogP contribution in [0.2, 0.25) is 5.02 Å². The highest BCUT2D eigenvalue weighted by Crippen LogP contribution is 2.43. The van der Waals surface area contributed by atoms with Crippen LogP contribution in [0.25, 0.3) is 11.1 Å². The van der Waals surface area contributed by atoms with Crippen LogP contribution in [0, 0.1) is 5.41 Å². The van der Waals surface area contributed by atoms with Gasteiger partial charge >= 0.3 is 6.18 Å². The van der Waals surface area contributed by atoms with E-state index >= 15 is 0 Å². The maximum atomic E-state index is 14.0. The lowest BCUT2D eigenvalue weighted by Crippen LogP contribution is -2.42. The first-order chi connectivity index (χ1) is 17.4. The lowest BCUT2D eigenvalue weighted by Gasteiger charge is -2.34. The molecule has 0 bridgehead atoms. The van der Waals surface area contributed by atoms with Crippen molar-refractivity contribution in [2.24, 2.45) is 5.41 Å². The minimum atomic E-state index is -4.64. The number of aromatic amines is 1. The second-order valence-corrected chi connectivity index (χ2v) is 11.0. The third kappa shape index (κ3) is 7.29. The summed E-state index contributed by atoms with van der Waals surface area (Å²) < 4.78 is 48.3. The minimum absolute atomic E-state index is 0.0365. The molecule has 1 aliphatic rings. The molecule has 2 heterocycles. The van der Waals surface area contributed by atoms with E-state index in [-0.39, 0.29) is 39.7 Å². The number of piperidine rings is 1. The van der Waals surface area contributed by atoms with Gasteiger partial charge in [0.1, 0.15) is 11.9 Å². The molecule has 37 heavy (non-hydrogen) atoms. The zero-order chi connectivity index (χ0) is 26.8. The number of likely N-dealkylation sites (tertiary alicyclic amines) is 1. The number of nitrogen functional groups attached to an aromatic ring is 1. The van der Waals surface area contributed by atoms with Gasteiger partial charge in [0.15, 0.2) is 0 Å². The lowest BCUT2D eigenvalue weighted by atomic mass is 9.91. The van der Waals surface area contributed by atoms with Gasteiger partial charge in [-0.1, -0.05) is 44.5 Å². The molecule has 1 fully saturated rings. The summed E-state index contributed by atoms with van der Waals surface area (Å²) in [5.74, 6) is 0.696. The average molecular weight is 537 g/mol. The molecule has 4 rings (SSSR count). The Bertz CT molecular complexity index is 1210. The van der Waals surface area contributed by atoms with Crippen molar-refractivity contribution in [1.29, 1.82) is 0 Å². The first kappa shape index (κ1) is 27.1. The highest BCUT2D eigenvalue weighted by atomic mass is 35.5. The third-order valence-corrected chi connectivity index (χ3v) is 6.54. The van der Waals surface area contributed by atoms with Gasteiger partial charge in [-0.05, 0) is 67.6 Å². The van der Waals surface area contributed by atoms with Crippen LogP contribution in [-0.2, 0) is 6.18 Å². The van der Waals surface area contributed by atoms with Crippen molar-refractivity contribution in [3.05, 3.63) is 47.0 Å². The van der Waals surface area contributed by atoms with Gasteiger partial charge in [0.25, 0.3) is 0 Å². The van der Waals surface area contributed by atoms with E-state index in [1.54, 1.807) is 24.3 Å². The number of hydrogen-bond acceptors (Lipinski definition) is 6. The van der Waals surface area contributed by atoms with E-state index in [4.69, 9.17) is 22.1 Å². The van der Waals surface area contributed by atoms with Crippen LogP contribution < -0.4 is 15.8 Å². The number of hydrogen-bond donors (Lipinski definition) is 3. The second kappa shape index (κ2) is 10.8. The monoisotopic (exact) mass is 536 g/mol. The molecule has 2 aromatic carbocycles. The fourth-order valence-electron chi connectivity index (χ4n) is 4.35. The van der Waals surface area contributed by atoms with Crippen LogP contribution in [0.1, 0.15) is 45.6 Å². The first-order valence-electron chi connectivity index (χ1n) is 12.2. The van der Waals surface area contributed by atoms with E-state index in [0.717, 1.165) is 45.0 Å². The number of halogens is 4. The van der Waals surface area contributed by atoms with E-state index in [9.17, 15) is 13.2 Å². The zero-order valence-corrected chi connectivity index (χ0v) is 21.9. The molecule has 7 nitrogen and oxygen atoms in total. The molecule has 0 amide bonds. The summed E-state index contributed by atoms with van der Waals surface area (Å²) in [6, 6.07) is 8.98. The zero-order valence-electron chi connectivity index (χ0n) is 21.1. The van der Waals surface area contributed by atoms with Crippen molar-refractivity contribution in [2.75, 3.05) is 30.7 Å². The normalized spacial score (nSPS) is 17.1. The maximum Gasteiger partial charge on any atom is 0.417 e. The first-order valence-corrected chi connectivity index (χ1v) is 12.6. The molecular formula is C26H32ClF3N6O. The number of H-pyrrole nitrogens is 1. The average Bonchev–Trinajstić information content (AvgIpc) is 3.22. The van der Waals surface area contributed by atoms with E-state index in [1.807, 2.05) is 0 Å². The summed E-state index contributed by atoms with van der Waals surface area (Å²) in [7, 11) is 0. The number of alkyl halides is 3. The summed E-state index contributed by atoms with van der Waals surface area (Å²) in [6.07, 6.45) is -1.48. The highest BCUT2D eigenvalue weighted by Gasteiger charge is 2.35. The Morgan fingerprint density at radius 2 is 1.92 bits per heavy atom. The Labute approximate surface area is 219 Å². The van der Waals surface area contributed by atoms with Crippen LogP contribution in [0.15, 0.2) is 36.4 Å². The van der Waals surface area contributed by atoms with Crippen LogP contribution in [0.3, 0.4) is 0 Å². The topological polar surface area (TPSA) is 92.1 Å². The van der Waals surface area contributed by atoms with Gasteiger partial charge in [-0.25, -0.2) is 5.10 Å². The number of ether oxygens (including phenoxy) is 1. The van der Waals surface area contributed by atoms with Gasteiger partial charge in [-0.3, -0.25) is 4.90 Å². The molecule has 1 unspecified atom stereocenters. The number of anilines is 3. The summed E-state index contributed by atoms with van der Waals surface area (Å²) >= 11 is 6.37. The SMILES string of the molecule is CC(C)(C)CCN1CCCC(Oc2ccc(-c3c(Cl)cc(Nc4n[nH]c(N)n4)cc3C(F)(F)F)cc2)C1. The quantitative estimate of drug-likeness (QED) is 0.309. The Morgan fingerprint density at radius 3 is 2.54 bits per heavy atom. The van der Waals surface area contributed by atoms with Gasteiger partial charge in [0.2, 0.25) is 11.9 Å². The molecule has 0 saturated carbocycles. The molecule has 11 heteroatoms. The molecule has 3 aromatic rings. The van der Waals surface area contributed by atoms with Gasteiger partial charge < -0.3 is 15.8 Å². The smallest absolute Gasteiger partial charge is 0.417 e. The van der Waals surface area contributed by atoms with Crippen molar-refractivity contribution in [1.82, 2.24) is 20.1 Å². The number of nitrogens with two attached hydrogens (primary N) is 1. The van der Waals surface area contributed by atoms with Crippen LogP contribution in [0.5, 0.6) is 5.75 Å². The molecule has 1 aliphatic heterocycles. The number of benzene rings is 2. The number of rotatable bonds is 7. The minimum Gasteiger partial charge on any atom is -0.489 e. The highest BCUT2D eigenvalue weighted by molar-refractivity contribution is 6.34. The Morgan fingerprint density at radius 1 is 1.19 bits per heavy atom. The van der Waals surface area contributed by atoms with Crippen molar-refractivity contribution in [3.63, 3.8) is 0 Å². The van der Waals surface area contributed by atoms with Crippen molar-refractivity contribution >= 4 is 29.2 Å². The summed E-state index contributed by atoms with van der Waals surface area (Å²) in [5, 5.41) is 8.83. The lowest BCUT2D eigenvalue weighted by molar-refractivity contribution is -0.137. The summed E-state index contributed by atoms with van der Waals surface area (Å²) in [4.78, 5) is 6.27. The van der Waals surface area contributed by atoms with E-state index < -0.39 is 11.7 Å². The van der Waals surface area contributed by atoms with Crippen LogP contribution >= 0.6 is 11.6 Å². The molecular weight excluding hydrogens is 505 g/mol. The van der Waals surface area contributed by atoms with Gasteiger partial charge in [-0.15, -0.1) is 5.10 Å². The standard InChI is InChI=1S/C26H32ClF3N6O/c1-25(2,3)10-12-36-11-4-5-19(15-36)37-18-8-6-16(7-9-18)22-20(26(28,29)30)13-17(14-21(22)27)32-24-33-23(31)34-35-24/h6-9,13-14,19H,4-5,10-12,15H2,1-3H3,(H4,31,32,33,34,35). The third-order valence-electron chi connectivity index (χ3n) is 6.24. The molecule has 200 valence electrons. The molecule has 0 radical (unpaired) electrons. The predicted octanol–water partition coefficient (Wildman–Crippen LogP) is 6.75. The van der Waals surface area contributed by atoms with Gasteiger partial charge in [0, 0.05) is 17.8 Å². The number of aromatic nitrogens is 3. The largest absolute Gasteiger partial charge is 0.489 e. The summed E-state index contributed by atoms with van der Waals surface area (Å²) in [6.45, 7) is 9.63. The molecule has 4 N–H and O–H groups in total. The van der Waals surface area contributed by atoms with E-state index in [2.05, 4.69) is 46.2 Å². The van der Waals surface area contributed by atoms with Gasteiger partial charge in [-0.2, -0.15) is 18.2 Å². The molecule has 0 spiro atoms. The molecule has 1 saturated heterocycles. The molecule has 1 atom stereocenters. The Kier molecular flexibility index (Phi) is 7.89. The fourth-order valence-corrected chi connectivity index (χ4v) is 4.68. The maximum absolute atomic E-state index is 14.0. The van der Waals surface area contributed by atoms with Crippen molar-refractivity contribution in [2.45, 2.75) is 52.3 Å². The molecule has 0 aliphatic carbocycles. The van der Waals surface area contributed by atoms with Gasteiger partial charge in [0.05, 0.1) is 10.6 Å². The Hall–Kier alpha value is -2.98. The fraction of sp³-hybridized carbons (Fsp3) is 0.462. The van der Waals surface area contributed by atoms with E-state index in [0.29, 0.717) is 11.3 Å². The predicted molar refractivity (Wildman–Crippen MR) is 140 cm³/mol. The summed E-state index contributed by atoms with van der Waals surface area (Å²) in [5.41, 5.74) is 5.21. The number of nitrogens with zero attached hydrogens (tertiary/aromatic N) is 3. The van der Waals surface area contributed by atoms with Crippen LogP contribution in [0.4, 0.5) is 30.8 Å². The van der Waals surface area contributed by atoms with Crippen LogP contribution in [-0.4, -0.2) is 45.8 Å². The number of nitrogens with one attached hydrogen (secondary N) is 2.